The summed E-state index contributed by atoms with van der Waals surface area (Å²) in [5, 5.41) is 15.5. The van der Waals surface area contributed by atoms with Gasteiger partial charge in [0.25, 0.3) is 5.91 Å². The Morgan fingerprint density at radius 3 is 2.52 bits per heavy atom. The fourth-order valence-electron chi connectivity index (χ4n) is 2.93. The van der Waals surface area contributed by atoms with Crippen LogP contribution < -0.4 is 10.1 Å². The molecule has 33 heavy (non-hydrogen) atoms. The summed E-state index contributed by atoms with van der Waals surface area (Å²) in [7, 11) is 1.56. The number of carbonyl (C=O) groups excluding carboxylic acids is 2. The number of benzene rings is 2. The van der Waals surface area contributed by atoms with Crippen molar-refractivity contribution >= 4 is 40.5 Å². The van der Waals surface area contributed by atoms with E-state index in [-0.39, 0.29) is 22.3 Å². The van der Waals surface area contributed by atoms with Crippen LogP contribution >= 0.6 is 22.9 Å². The number of amides is 1. The molecule has 0 saturated carbocycles. The Balaban J connectivity index is 1.39. The van der Waals surface area contributed by atoms with Crippen LogP contribution in [0, 0.1) is 6.92 Å². The number of carbonyl (C=O) groups is 2. The summed E-state index contributed by atoms with van der Waals surface area (Å²) in [6, 6.07) is 16.1. The first kappa shape index (κ1) is 22.4. The van der Waals surface area contributed by atoms with Crippen LogP contribution in [-0.4, -0.2) is 39.0 Å². The minimum absolute atomic E-state index is 0.142. The number of aryl methyl sites for hydroxylation is 1. The molecule has 168 valence electrons. The van der Waals surface area contributed by atoms with Gasteiger partial charge in [-0.1, -0.05) is 41.1 Å². The number of hydrogen-bond donors (Lipinski definition) is 1. The van der Waals surface area contributed by atoms with E-state index < -0.39 is 11.9 Å². The molecule has 2 heterocycles. The van der Waals surface area contributed by atoms with Crippen molar-refractivity contribution in [3.05, 3.63) is 81.0 Å². The molecule has 4 rings (SSSR count). The number of esters is 1. The van der Waals surface area contributed by atoms with Crippen LogP contribution in [0.15, 0.2) is 54.6 Å². The zero-order valence-corrected chi connectivity index (χ0v) is 19.2. The zero-order valence-electron chi connectivity index (χ0n) is 17.6. The third kappa shape index (κ3) is 5.02. The Hall–Kier alpha value is -3.76. The zero-order chi connectivity index (χ0) is 23.4. The van der Waals surface area contributed by atoms with E-state index in [4.69, 9.17) is 21.1 Å². The van der Waals surface area contributed by atoms with Crippen LogP contribution in [0.1, 0.15) is 30.9 Å². The summed E-state index contributed by atoms with van der Waals surface area (Å²) in [5.74, 6) is -0.380. The van der Waals surface area contributed by atoms with Crippen LogP contribution in [-0.2, 0) is 11.3 Å². The molecule has 0 aliphatic heterocycles. The van der Waals surface area contributed by atoms with Crippen LogP contribution in [0.3, 0.4) is 0 Å². The second-order valence-corrected chi connectivity index (χ2v) is 8.18. The number of methoxy groups -OCH3 is 1. The number of nitrogens with zero attached hydrogens (tertiary/aromatic N) is 4. The number of aromatic nitrogens is 4. The topological polar surface area (TPSA) is 108 Å². The number of para-hydroxylation sites is 1. The first-order valence-electron chi connectivity index (χ1n) is 9.71. The Labute approximate surface area is 197 Å². The summed E-state index contributed by atoms with van der Waals surface area (Å²) in [4.78, 5) is 25.0. The molecule has 0 bridgehead atoms. The van der Waals surface area contributed by atoms with E-state index in [2.05, 4.69) is 20.6 Å². The molecule has 0 spiro atoms. The lowest BCUT2D eigenvalue weighted by molar-refractivity contribution is 0.0471. The Morgan fingerprint density at radius 1 is 1.09 bits per heavy atom. The standard InChI is InChI=1S/C22H18ClN5O4S/c1-13-18(19(23)28(27-13)15-6-4-3-5-7-15)22(30)32-12-17-25-26-21(33-17)20(29)24-14-8-10-16(31-2)11-9-14/h3-11H,12H2,1-2H3,(H,24,29). The summed E-state index contributed by atoms with van der Waals surface area (Å²) >= 11 is 7.42. The van der Waals surface area contributed by atoms with Crippen LogP contribution in [0.25, 0.3) is 5.69 Å². The van der Waals surface area contributed by atoms with Crippen molar-refractivity contribution < 1.29 is 19.1 Å². The summed E-state index contributed by atoms with van der Waals surface area (Å²) < 4.78 is 11.9. The number of ether oxygens (including phenoxy) is 2. The van der Waals surface area contributed by atoms with Gasteiger partial charge in [-0.3, -0.25) is 4.79 Å². The summed E-state index contributed by atoms with van der Waals surface area (Å²) in [5.41, 5.74) is 1.92. The molecule has 0 aliphatic rings. The van der Waals surface area contributed by atoms with Gasteiger partial charge >= 0.3 is 5.97 Å². The second-order valence-electron chi connectivity index (χ2n) is 6.76. The van der Waals surface area contributed by atoms with E-state index in [1.807, 2.05) is 30.3 Å². The van der Waals surface area contributed by atoms with Gasteiger partial charge in [0.2, 0.25) is 5.01 Å². The summed E-state index contributed by atoms with van der Waals surface area (Å²) in [6.45, 7) is 1.52. The molecular weight excluding hydrogens is 466 g/mol. The minimum Gasteiger partial charge on any atom is -0.497 e. The number of anilines is 1. The fraction of sp³-hybridized carbons (Fsp3) is 0.136. The highest BCUT2D eigenvalue weighted by molar-refractivity contribution is 7.13. The minimum atomic E-state index is -0.640. The SMILES string of the molecule is COc1ccc(NC(=O)c2nnc(COC(=O)c3c(C)nn(-c4ccccc4)c3Cl)s2)cc1. The monoisotopic (exact) mass is 483 g/mol. The largest absolute Gasteiger partial charge is 0.497 e. The second kappa shape index (κ2) is 9.80. The van der Waals surface area contributed by atoms with Crippen molar-refractivity contribution in [1.29, 1.82) is 0 Å². The maximum absolute atomic E-state index is 12.6. The molecule has 9 nitrogen and oxygen atoms in total. The molecule has 0 saturated heterocycles. The van der Waals surface area contributed by atoms with Gasteiger partial charge < -0.3 is 14.8 Å². The van der Waals surface area contributed by atoms with Crippen LogP contribution in [0.2, 0.25) is 5.15 Å². The first-order valence-corrected chi connectivity index (χ1v) is 10.9. The Bertz CT molecular complexity index is 1290. The lowest BCUT2D eigenvalue weighted by Crippen LogP contribution is -2.11. The summed E-state index contributed by atoms with van der Waals surface area (Å²) in [6.07, 6.45) is 0. The van der Waals surface area contributed by atoms with Crippen molar-refractivity contribution in [2.75, 3.05) is 12.4 Å². The molecule has 0 fully saturated rings. The molecule has 0 aliphatic carbocycles. The van der Waals surface area contributed by atoms with Gasteiger partial charge in [0.05, 0.1) is 18.5 Å². The van der Waals surface area contributed by atoms with Crippen molar-refractivity contribution in [3.63, 3.8) is 0 Å². The van der Waals surface area contributed by atoms with Gasteiger partial charge in [-0.25, -0.2) is 9.48 Å². The average Bonchev–Trinajstić information content (AvgIpc) is 3.43. The highest BCUT2D eigenvalue weighted by atomic mass is 35.5. The predicted octanol–water partition coefficient (Wildman–Crippen LogP) is 4.30. The van der Waals surface area contributed by atoms with Gasteiger partial charge in [0, 0.05) is 5.69 Å². The molecular formula is C22H18ClN5O4S. The molecule has 0 radical (unpaired) electrons. The molecule has 0 atom stereocenters. The number of rotatable bonds is 7. The maximum atomic E-state index is 12.6. The highest BCUT2D eigenvalue weighted by Gasteiger charge is 2.23. The van der Waals surface area contributed by atoms with Crippen molar-refractivity contribution in [3.8, 4) is 11.4 Å². The van der Waals surface area contributed by atoms with Gasteiger partial charge in [-0.15, -0.1) is 10.2 Å². The van der Waals surface area contributed by atoms with E-state index in [1.54, 1.807) is 38.3 Å². The molecule has 11 heteroatoms. The lowest BCUT2D eigenvalue weighted by Gasteiger charge is -2.04. The maximum Gasteiger partial charge on any atom is 0.343 e. The van der Waals surface area contributed by atoms with Gasteiger partial charge in [0.1, 0.15) is 23.1 Å². The van der Waals surface area contributed by atoms with Crippen molar-refractivity contribution in [2.24, 2.45) is 0 Å². The number of nitrogens with one attached hydrogen (secondary N) is 1. The fourth-order valence-corrected chi connectivity index (χ4v) is 3.93. The highest BCUT2D eigenvalue weighted by Crippen LogP contribution is 2.25. The van der Waals surface area contributed by atoms with Gasteiger partial charge in [0.15, 0.2) is 5.01 Å². The van der Waals surface area contributed by atoms with E-state index >= 15 is 0 Å². The van der Waals surface area contributed by atoms with E-state index in [0.717, 1.165) is 17.0 Å². The van der Waals surface area contributed by atoms with Crippen LogP contribution in [0.4, 0.5) is 5.69 Å². The molecule has 2 aromatic carbocycles. The molecule has 4 aromatic rings. The van der Waals surface area contributed by atoms with E-state index in [1.165, 1.54) is 4.68 Å². The number of halogens is 1. The van der Waals surface area contributed by atoms with Gasteiger partial charge in [-0.05, 0) is 43.3 Å². The van der Waals surface area contributed by atoms with Crippen LogP contribution in [0.5, 0.6) is 5.75 Å². The average molecular weight is 484 g/mol. The molecule has 0 unspecified atom stereocenters. The quantitative estimate of drug-likeness (QED) is 0.390. The predicted molar refractivity (Wildman–Crippen MR) is 123 cm³/mol. The van der Waals surface area contributed by atoms with Crippen molar-refractivity contribution in [1.82, 2.24) is 20.0 Å². The van der Waals surface area contributed by atoms with Crippen molar-refractivity contribution in [2.45, 2.75) is 13.5 Å². The normalized spacial score (nSPS) is 10.6. The third-order valence-electron chi connectivity index (χ3n) is 4.54. The van der Waals surface area contributed by atoms with Gasteiger partial charge in [-0.2, -0.15) is 5.10 Å². The molecule has 1 amide bonds. The molecule has 1 N–H and O–H groups in total. The Morgan fingerprint density at radius 2 is 1.82 bits per heavy atom. The Kier molecular flexibility index (Phi) is 6.66. The first-order chi connectivity index (χ1) is 16.0. The van der Waals surface area contributed by atoms with E-state index in [0.29, 0.717) is 22.1 Å². The smallest absolute Gasteiger partial charge is 0.343 e. The lowest BCUT2D eigenvalue weighted by atomic mass is 10.2. The third-order valence-corrected chi connectivity index (χ3v) is 5.79. The molecule has 2 aromatic heterocycles. The number of hydrogen-bond acceptors (Lipinski definition) is 8. The van der Waals surface area contributed by atoms with E-state index in [9.17, 15) is 9.59 Å².